The Morgan fingerprint density at radius 1 is 1.43 bits per heavy atom. The summed E-state index contributed by atoms with van der Waals surface area (Å²) < 4.78 is 11.8. The molecule has 1 aromatic carbocycles. The van der Waals surface area contributed by atoms with Gasteiger partial charge in [0, 0.05) is 6.54 Å². The minimum Gasteiger partial charge on any atom is -0.491 e. The summed E-state index contributed by atoms with van der Waals surface area (Å²) in [6, 6.07) is 9.57. The van der Waals surface area contributed by atoms with E-state index in [2.05, 4.69) is 0 Å². The van der Waals surface area contributed by atoms with Crippen LogP contribution in [-0.4, -0.2) is 53.4 Å². The number of morpholine rings is 1. The minimum absolute atomic E-state index is 0.0274. The molecule has 0 aliphatic carbocycles. The van der Waals surface area contributed by atoms with Gasteiger partial charge in [0.2, 0.25) is 5.91 Å². The number of amides is 1. The predicted octanol–water partition coefficient (Wildman–Crippen LogP) is 2.23. The maximum Gasteiger partial charge on any atom is 0.225 e. The Morgan fingerprint density at radius 2 is 2.13 bits per heavy atom. The molecule has 1 aliphatic rings. The van der Waals surface area contributed by atoms with Gasteiger partial charge in [-0.15, -0.1) is 0 Å². The fraction of sp³-hybridized carbons (Fsp3) is 0.611. The number of nitrogens with zero attached hydrogens (tertiary/aromatic N) is 1. The van der Waals surface area contributed by atoms with E-state index < -0.39 is 11.7 Å². The van der Waals surface area contributed by atoms with E-state index in [1.807, 2.05) is 51.1 Å². The molecule has 23 heavy (non-hydrogen) atoms. The maximum atomic E-state index is 12.3. The molecule has 0 radical (unpaired) electrons. The molecule has 5 heteroatoms. The zero-order chi connectivity index (χ0) is 16.9. The van der Waals surface area contributed by atoms with E-state index >= 15 is 0 Å². The molecule has 1 aliphatic heterocycles. The highest BCUT2D eigenvalue weighted by Crippen LogP contribution is 2.23. The fourth-order valence-corrected chi connectivity index (χ4v) is 2.75. The Morgan fingerprint density at radius 3 is 2.78 bits per heavy atom. The lowest BCUT2D eigenvalue weighted by Crippen LogP contribution is -2.56. The number of hydrogen-bond acceptors (Lipinski definition) is 4. The normalized spacial score (nSPS) is 21.7. The topological polar surface area (TPSA) is 59.0 Å². The Kier molecular flexibility index (Phi) is 6.02. The molecule has 1 amide bonds. The zero-order valence-electron chi connectivity index (χ0n) is 14.2. The van der Waals surface area contributed by atoms with E-state index in [0.717, 1.165) is 5.75 Å². The SMILES string of the molecule is CC[C@H](O)CC(=O)N1C[C@@H](COc2ccccc2)OC(C)(C)C1. The lowest BCUT2D eigenvalue weighted by Gasteiger charge is -2.42. The Labute approximate surface area is 138 Å². The number of ether oxygens (including phenoxy) is 2. The molecule has 0 saturated carbocycles. The van der Waals surface area contributed by atoms with Gasteiger partial charge in [0.25, 0.3) is 0 Å². The average Bonchev–Trinajstić information content (AvgIpc) is 2.52. The van der Waals surface area contributed by atoms with E-state index in [4.69, 9.17) is 9.47 Å². The summed E-state index contributed by atoms with van der Waals surface area (Å²) in [5.41, 5.74) is -0.421. The van der Waals surface area contributed by atoms with Crippen molar-refractivity contribution in [2.75, 3.05) is 19.7 Å². The highest BCUT2D eigenvalue weighted by Gasteiger charge is 2.36. The van der Waals surface area contributed by atoms with Crippen LogP contribution in [0.15, 0.2) is 30.3 Å². The average molecular weight is 321 g/mol. The smallest absolute Gasteiger partial charge is 0.225 e. The first-order valence-electron chi connectivity index (χ1n) is 8.21. The van der Waals surface area contributed by atoms with Gasteiger partial charge in [-0.05, 0) is 32.4 Å². The molecular formula is C18H27NO4. The number of aliphatic hydroxyl groups excluding tert-OH is 1. The maximum absolute atomic E-state index is 12.3. The third-order valence-electron chi connectivity index (χ3n) is 3.89. The minimum atomic E-state index is -0.576. The molecule has 0 unspecified atom stereocenters. The van der Waals surface area contributed by atoms with E-state index in [1.165, 1.54) is 0 Å². The Hall–Kier alpha value is -1.59. The Bertz CT molecular complexity index is 503. The molecule has 0 aromatic heterocycles. The van der Waals surface area contributed by atoms with Crippen molar-refractivity contribution in [3.05, 3.63) is 30.3 Å². The molecule has 1 saturated heterocycles. The van der Waals surface area contributed by atoms with E-state index in [0.29, 0.717) is 26.1 Å². The Balaban J connectivity index is 1.94. The largest absolute Gasteiger partial charge is 0.491 e. The summed E-state index contributed by atoms with van der Waals surface area (Å²) >= 11 is 0. The van der Waals surface area contributed by atoms with Crippen molar-refractivity contribution in [3.63, 3.8) is 0 Å². The second kappa shape index (κ2) is 7.79. The van der Waals surface area contributed by atoms with Crippen molar-refractivity contribution < 1.29 is 19.4 Å². The summed E-state index contributed by atoms with van der Waals surface area (Å²) in [6.07, 6.45) is -0.00654. The number of carbonyl (C=O) groups excluding carboxylic acids is 1. The van der Waals surface area contributed by atoms with Gasteiger partial charge in [-0.3, -0.25) is 4.79 Å². The van der Waals surface area contributed by atoms with Crippen LogP contribution >= 0.6 is 0 Å². The molecule has 1 aromatic rings. The van der Waals surface area contributed by atoms with Gasteiger partial charge in [0.05, 0.1) is 24.7 Å². The lowest BCUT2D eigenvalue weighted by molar-refractivity contribution is -0.166. The van der Waals surface area contributed by atoms with E-state index in [9.17, 15) is 9.90 Å². The van der Waals surface area contributed by atoms with Crippen molar-refractivity contribution >= 4 is 5.91 Å². The first-order chi connectivity index (χ1) is 10.9. The monoisotopic (exact) mass is 321 g/mol. The highest BCUT2D eigenvalue weighted by atomic mass is 16.5. The molecule has 128 valence electrons. The van der Waals surface area contributed by atoms with Crippen molar-refractivity contribution in [1.29, 1.82) is 0 Å². The molecular weight excluding hydrogens is 294 g/mol. The van der Waals surface area contributed by atoms with Gasteiger partial charge in [0.15, 0.2) is 0 Å². The van der Waals surface area contributed by atoms with Crippen molar-refractivity contribution in [2.24, 2.45) is 0 Å². The number of hydrogen-bond donors (Lipinski definition) is 1. The second-order valence-electron chi connectivity index (χ2n) is 6.66. The number of benzene rings is 1. The van der Waals surface area contributed by atoms with Crippen LogP contribution in [0.4, 0.5) is 0 Å². The van der Waals surface area contributed by atoms with Crippen LogP contribution in [0.25, 0.3) is 0 Å². The molecule has 1 heterocycles. The highest BCUT2D eigenvalue weighted by molar-refractivity contribution is 5.77. The zero-order valence-corrected chi connectivity index (χ0v) is 14.2. The van der Waals surface area contributed by atoms with E-state index in [-0.39, 0.29) is 18.4 Å². The third kappa shape index (κ3) is 5.52. The van der Waals surface area contributed by atoms with Crippen molar-refractivity contribution in [1.82, 2.24) is 4.90 Å². The molecule has 5 nitrogen and oxygen atoms in total. The van der Waals surface area contributed by atoms with Gasteiger partial charge in [-0.25, -0.2) is 0 Å². The van der Waals surface area contributed by atoms with Crippen LogP contribution in [0, 0.1) is 0 Å². The summed E-state index contributed by atoms with van der Waals surface area (Å²) in [5.74, 6) is 0.763. The summed E-state index contributed by atoms with van der Waals surface area (Å²) in [4.78, 5) is 14.1. The van der Waals surface area contributed by atoms with Gasteiger partial charge >= 0.3 is 0 Å². The fourth-order valence-electron chi connectivity index (χ4n) is 2.75. The number of rotatable bonds is 6. The van der Waals surface area contributed by atoms with Gasteiger partial charge in [-0.2, -0.15) is 0 Å². The van der Waals surface area contributed by atoms with Crippen LogP contribution in [0.2, 0.25) is 0 Å². The van der Waals surface area contributed by atoms with Gasteiger partial charge in [0.1, 0.15) is 18.5 Å². The number of para-hydroxylation sites is 1. The molecule has 1 fully saturated rings. The molecule has 0 bridgehead atoms. The molecule has 2 atom stereocenters. The van der Waals surface area contributed by atoms with Crippen LogP contribution in [0.3, 0.4) is 0 Å². The van der Waals surface area contributed by atoms with Crippen LogP contribution in [-0.2, 0) is 9.53 Å². The van der Waals surface area contributed by atoms with Crippen molar-refractivity contribution in [2.45, 2.75) is 51.4 Å². The molecule has 2 rings (SSSR count). The second-order valence-corrected chi connectivity index (χ2v) is 6.66. The van der Waals surface area contributed by atoms with Crippen LogP contribution < -0.4 is 4.74 Å². The quantitative estimate of drug-likeness (QED) is 0.873. The number of aliphatic hydroxyl groups is 1. The van der Waals surface area contributed by atoms with Crippen LogP contribution in [0.5, 0.6) is 5.75 Å². The lowest BCUT2D eigenvalue weighted by atomic mass is 10.0. The third-order valence-corrected chi connectivity index (χ3v) is 3.89. The standard InChI is InChI=1S/C18H27NO4/c1-4-14(20)10-17(21)19-11-16(23-18(2,3)13-19)12-22-15-8-6-5-7-9-15/h5-9,14,16,20H,4,10-13H2,1-3H3/t14-,16-/m0/s1. The van der Waals surface area contributed by atoms with Gasteiger partial charge in [-0.1, -0.05) is 25.1 Å². The van der Waals surface area contributed by atoms with E-state index in [1.54, 1.807) is 4.90 Å². The molecule has 1 N–H and O–H groups in total. The first kappa shape index (κ1) is 17.8. The molecule has 0 spiro atoms. The summed E-state index contributed by atoms with van der Waals surface area (Å²) in [7, 11) is 0. The predicted molar refractivity (Wildman–Crippen MR) is 88.4 cm³/mol. The summed E-state index contributed by atoms with van der Waals surface area (Å²) in [5, 5.41) is 9.70. The number of carbonyl (C=O) groups is 1. The summed E-state index contributed by atoms with van der Waals surface area (Å²) in [6.45, 7) is 7.23. The first-order valence-corrected chi connectivity index (χ1v) is 8.21. The van der Waals surface area contributed by atoms with Gasteiger partial charge < -0.3 is 19.5 Å². The van der Waals surface area contributed by atoms with Crippen LogP contribution in [0.1, 0.15) is 33.6 Å². The van der Waals surface area contributed by atoms with Crippen molar-refractivity contribution in [3.8, 4) is 5.75 Å².